The third-order valence-electron chi connectivity index (χ3n) is 2.55. The number of hydrogen-bond acceptors (Lipinski definition) is 3. The summed E-state index contributed by atoms with van der Waals surface area (Å²) in [7, 11) is 0. The highest BCUT2D eigenvalue weighted by Crippen LogP contribution is 2.15. The maximum absolute atomic E-state index is 11.1. The Labute approximate surface area is 79.3 Å². The molecule has 0 aromatic rings. The second-order valence-electron chi connectivity index (χ2n) is 3.83. The first-order chi connectivity index (χ1) is 6.22. The van der Waals surface area contributed by atoms with Crippen molar-refractivity contribution in [2.24, 2.45) is 5.92 Å². The van der Waals surface area contributed by atoms with E-state index < -0.39 is 0 Å². The van der Waals surface area contributed by atoms with Gasteiger partial charge in [0, 0.05) is 0 Å². The Morgan fingerprint density at radius 1 is 1.54 bits per heavy atom. The normalized spacial score (nSPS) is 19.7. The number of carbonyl (C=O) groups is 1. The van der Waals surface area contributed by atoms with Gasteiger partial charge in [-0.15, -0.1) is 0 Å². The average Bonchev–Trinajstić information content (AvgIpc) is 2.09. The van der Waals surface area contributed by atoms with E-state index in [9.17, 15) is 4.79 Å². The van der Waals surface area contributed by atoms with Crippen molar-refractivity contribution in [2.45, 2.75) is 26.2 Å². The predicted octanol–water partition coefficient (Wildman–Crippen LogP) is 1.20. The van der Waals surface area contributed by atoms with Crippen LogP contribution in [0.15, 0.2) is 0 Å². The summed E-state index contributed by atoms with van der Waals surface area (Å²) in [5, 5.41) is 8.32. The lowest BCUT2D eigenvalue weighted by Gasteiger charge is -2.29. The van der Waals surface area contributed by atoms with E-state index in [1.54, 1.807) is 0 Å². The van der Waals surface area contributed by atoms with Crippen LogP contribution < -0.4 is 0 Å². The SMILES string of the molecule is CC1CCN(CC(=O)CC#N)CC1. The molecular formula is C10H16N2O. The van der Waals surface area contributed by atoms with E-state index >= 15 is 0 Å². The number of rotatable bonds is 3. The zero-order chi connectivity index (χ0) is 9.68. The second-order valence-corrected chi connectivity index (χ2v) is 3.83. The van der Waals surface area contributed by atoms with Gasteiger partial charge in [-0.1, -0.05) is 6.92 Å². The molecule has 0 aromatic carbocycles. The maximum atomic E-state index is 11.1. The fourth-order valence-electron chi connectivity index (χ4n) is 1.61. The highest BCUT2D eigenvalue weighted by molar-refractivity contribution is 5.82. The first-order valence-electron chi connectivity index (χ1n) is 4.83. The summed E-state index contributed by atoms with van der Waals surface area (Å²) in [5.74, 6) is 0.847. The van der Waals surface area contributed by atoms with Crippen LogP contribution in [0, 0.1) is 17.2 Å². The fraction of sp³-hybridized carbons (Fsp3) is 0.800. The van der Waals surface area contributed by atoms with Crippen molar-refractivity contribution in [3.63, 3.8) is 0 Å². The molecule has 3 nitrogen and oxygen atoms in total. The van der Waals surface area contributed by atoms with Crippen molar-refractivity contribution >= 4 is 5.78 Å². The van der Waals surface area contributed by atoms with Gasteiger partial charge in [0.15, 0.2) is 5.78 Å². The van der Waals surface area contributed by atoms with Gasteiger partial charge in [0.25, 0.3) is 0 Å². The monoisotopic (exact) mass is 180 g/mol. The van der Waals surface area contributed by atoms with Crippen LogP contribution in [0.2, 0.25) is 0 Å². The lowest BCUT2D eigenvalue weighted by Crippen LogP contribution is -2.36. The molecule has 0 saturated carbocycles. The quantitative estimate of drug-likeness (QED) is 0.655. The zero-order valence-corrected chi connectivity index (χ0v) is 8.12. The number of carbonyl (C=O) groups excluding carboxylic acids is 1. The van der Waals surface area contributed by atoms with Crippen LogP contribution >= 0.6 is 0 Å². The molecule has 0 radical (unpaired) electrons. The standard InChI is InChI=1S/C10H16N2O/c1-9-3-6-12(7-4-9)8-10(13)2-5-11/h9H,2-4,6-8H2,1H3. The number of hydrogen-bond donors (Lipinski definition) is 0. The molecule has 0 bridgehead atoms. The topological polar surface area (TPSA) is 44.1 Å². The van der Waals surface area contributed by atoms with Crippen molar-refractivity contribution in [2.75, 3.05) is 19.6 Å². The molecule has 3 heteroatoms. The number of nitrogens with zero attached hydrogens (tertiary/aromatic N) is 2. The van der Waals surface area contributed by atoms with E-state index in [4.69, 9.17) is 5.26 Å². The number of likely N-dealkylation sites (tertiary alicyclic amines) is 1. The molecule has 0 N–H and O–H groups in total. The Bertz CT molecular complexity index is 211. The molecule has 1 aliphatic rings. The first-order valence-corrected chi connectivity index (χ1v) is 4.83. The van der Waals surface area contributed by atoms with Gasteiger partial charge in [0.1, 0.15) is 0 Å². The second kappa shape index (κ2) is 4.98. The molecule has 1 heterocycles. The van der Waals surface area contributed by atoms with Crippen molar-refractivity contribution < 1.29 is 4.79 Å². The van der Waals surface area contributed by atoms with Crippen LogP contribution in [0.1, 0.15) is 26.2 Å². The summed E-state index contributed by atoms with van der Waals surface area (Å²) in [6.07, 6.45) is 2.42. The molecular weight excluding hydrogens is 164 g/mol. The largest absolute Gasteiger partial charge is 0.297 e. The Morgan fingerprint density at radius 3 is 2.69 bits per heavy atom. The maximum Gasteiger partial charge on any atom is 0.160 e. The van der Waals surface area contributed by atoms with E-state index in [0.29, 0.717) is 6.54 Å². The summed E-state index contributed by atoms with van der Waals surface area (Å²) in [6, 6.07) is 1.89. The van der Waals surface area contributed by atoms with Crippen LogP contribution in [0.25, 0.3) is 0 Å². The summed E-state index contributed by atoms with van der Waals surface area (Å²) in [4.78, 5) is 13.3. The fourth-order valence-corrected chi connectivity index (χ4v) is 1.61. The summed E-state index contributed by atoms with van der Waals surface area (Å²) in [6.45, 7) is 4.74. The van der Waals surface area contributed by atoms with Crippen LogP contribution in [0.5, 0.6) is 0 Å². The van der Waals surface area contributed by atoms with E-state index in [2.05, 4.69) is 11.8 Å². The van der Waals surface area contributed by atoms with Crippen LogP contribution in [0.3, 0.4) is 0 Å². The number of ketones is 1. The Kier molecular flexibility index (Phi) is 3.91. The lowest BCUT2D eigenvalue weighted by molar-refractivity contribution is -0.119. The van der Waals surface area contributed by atoms with Gasteiger partial charge in [0.05, 0.1) is 19.0 Å². The first kappa shape index (κ1) is 10.2. The van der Waals surface area contributed by atoms with Gasteiger partial charge in [-0.05, 0) is 31.8 Å². The minimum absolute atomic E-state index is 0.0528. The minimum Gasteiger partial charge on any atom is -0.297 e. The predicted molar refractivity (Wildman–Crippen MR) is 50.1 cm³/mol. The van der Waals surface area contributed by atoms with Gasteiger partial charge in [-0.2, -0.15) is 5.26 Å². The lowest BCUT2D eigenvalue weighted by atomic mass is 9.99. The van der Waals surface area contributed by atoms with Gasteiger partial charge in [-0.25, -0.2) is 0 Å². The number of nitriles is 1. The van der Waals surface area contributed by atoms with Crippen molar-refractivity contribution in [1.29, 1.82) is 5.26 Å². The van der Waals surface area contributed by atoms with Gasteiger partial charge in [0.2, 0.25) is 0 Å². The van der Waals surface area contributed by atoms with E-state index in [-0.39, 0.29) is 12.2 Å². The molecule has 72 valence electrons. The molecule has 0 aliphatic carbocycles. The van der Waals surface area contributed by atoms with Crippen molar-refractivity contribution in [3.8, 4) is 6.07 Å². The zero-order valence-electron chi connectivity index (χ0n) is 8.12. The van der Waals surface area contributed by atoms with Gasteiger partial charge >= 0.3 is 0 Å². The third-order valence-corrected chi connectivity index (χ3v) is 2.55. The van der Waals surface area contributed by atoms with E-state index in [0.717, 1.165) is 19.0 Å². The summed E-state index contributed by atoms with van der Waals surface area (Å²) < 4.78 is 0. The highest BCUT2D eigenvalue weighted by atomic mass is 16.1. The molecule has 0 unspecified atom stereocenters. The van der Waals surface area contributed by atoms with E-state index in [1.807, 2.05) is 6.07 Å². The minimum atomic E-state index is 0.0528. The molecule has 0 aromatic heterocycles. The Balaban J connectivity index is 2.23. The summed E-state index contributed by atoms with van der Waals surface area (Å²) in [5.41, 5.74) is 0. The van der Waals surface area contributed by atoms with Crippen LogP contribution in [-0.2, 0) is 4.79 Å². The van der Waals surface area contributed by atoms with Crippen LogP contribution in [-0.4, -0.2) is 30.3 Å². The number of piperidine rings is 1. The molecule has 1 fully saturated rings. The van der Waals surface area contributed by atoms with Gasteiger partial charge in [-0.3, -0.25) is 9.69 Å². The van der Waals surface area contributed by atoms with Crippen LogP contribution in [0.4, 0.5) is 0 Å². The highest BCUT2D eigenvalue weighted by Gasteiger charge is 2.17. The molecule has 0 spiro atoms. The third kappa shape index (κ3) is 3.56. The summed E-state index contributed by atoms with van der Waals surface area (Å²) >= 11 is 0. The molecule has 1 saturated heterocycles. The molecule has 1 aliphatic heterocycles. The Morgan fingerprint density at radius 2 is 2.15 bits per heavy atom. The molecule has 1 rings (SSSR count). The van der Waals surface area contributed by atoms with Crippen molar-refractivity contribution in [3.05, 3.63) is 0 Å². The molecule has 0 atom stereocenters. The smallest absolute Gasteiger partial charge is 0.160 e. The number of Topliss-reactive ketones (excluding diaryl/α,β-unsaturated/α-hetero) is 1. The van der Waals surface area contributed by atoms with E-state index in [1.165, 1.54) is 12.8 Å². The van der Waals surface area contributed by atoms with Gasteiger partial charge < -0.3 is 0 Å². The average molecular weight is 180 g/mol. The molecule has 13 heavy (non-hydrogen) atoms. The molecule has 0 amide bonds. The van der Waals surface area contributed by atoms with Crippen molar-refractivity contribution in [1.82, 2.24) is 4.90 Å². The Hall–Kier alpha value is -0.880.